The van der Waals surface area contributed by atoms with Crippen LogP contribution in [0.2, 0.25) is 0 Å². The van der Waals surface area contributed by atoms with Crippen LogP contribution in [0.3, 0.4) is 0 Å². The number of likely N-dealkylation sites (tertiary alicyclic amines) is 1. The lowest BCUT2D eigenvalue weighted by Gasteiger charge is -2.31. The molecule has 8 heteroatoms. The van der Waals surface area contributed by atoms with Crippen LogP contribution in [0.5, 0.6) is 5.75 Å². The van der Waals surface area contributed by atoms with E-state index in [0.29, 0.717) is 24.4 Å². The Labute approximate surface area is 193 Å². The van der Waals surface area contributed by atoms with Crippen LogP contribution in [-0.2, 0) is 11.4 Å². The first kappa shape index (κ1) is 22.8. The molecule has 3 heterocycles. The number of benzene rings is 1. The van der Waals surface area contributed by atoms with Gasteiger partial charge in [0.05, 0.1) is 17.2 Å². The van der Waals surface area contributed by atoms with Crippen molar-refractivity contribution in [1.29, 1.82) is 0 Å². The SMILES string of the molecule is Cc1ccc2nc(COc3ccccc3C(=O)NCCCN3CCCC(C(N)=O)C3)cn2c1. The average Bonchev–Trinajstić information content (AvgIpc) is 3.22. The van der Waals surface area contributed by atoms with Gasteiger partial charge in [0.2, 0.25) is 5.91 Å². The predicted molar refractivity (Wildman–Crippen MR) is 126 cm³/mol. The van der Waals surface area contributed by atoms with Crippen LogP contribution >= 0.6 is 0 Å². The maximum Gasteiger partial charge on any atom is 0.255 e. The highest BCUT2D eigenvalue weighted by Gasteiger charge is 2.23. The van der Waals surface area contributed by atoms with Crippen molar-refractivity contribution in [2.75, 3.05) is 26.2 Å². The van der Waals surface area contributed by atoms with Crippen LogP contribution in [0.1, 0.15) is 40.9 Å². The molecule has 8 nitrogen and oxygen atoms in total. The van der Waals surface area contributed by atoms with Crippen molar-refractivity contribution in [3.63, 3.8) is 0 Å². The van der Waals surface area contributed by atoms with E-state index in [2.05, 4.69) is 15.2 Å². The Kier molecular flexibility index (Phi) is 7.24. The second kappa shape index (κ2) is 10.5. The molecule has 1 fully saturated rings. The van der Waals surface area contributed by atoms with Crippen molar-refractivity contribution >= 4 is 17.5 Å². The number of pyridine rings is 1. The number of imidazole rings is 1. The zero-order chi connectivity index (χ0) is 23.2. The number of para-hydroxylation sites is 1. The minimum absolute atomic E-state index is 0.0608. The highest BCUT2D eigenvalue weighted by Crippen LogP contribution is 2.20. The molecule has 1 saturated heterocycles. The van der Waals surface area contributed by atoms with Gasteiger partial charge in [-0.2, -0.15) is 0 Å². The second-order valence-corrected chi connectivity index (χ2v) is 8.64. The van der Waals surface area contributed by atoms with Gasteiger partial charge in [0.25, 0.3) is 5.91 Å². The van der Waals surface area contributed by atoms with Crippen LogP contribution in [0.4, 0.5) is 0 Å². The highest BCUT2D eigenvalue weighted by atomic mass is 16.5. The molecule has 1 unspecified atom stereocenters. The monoisotopic (exact) mass is 449 g/mol. The highest BCUT2D eigenvalue weighted by molar-refractivity contribution is 5.96. The van der Waals surface area contributed by atoms with Crippen molar-refractivity contribution < 1.29 is 14.3 Å². The van der Waals surface area contributed by atoms with Gasteiger partial charge >= 0.3 is 0 Å². The van der Waals surface area contributed by atoms with Gasteiger partial charge in [-0.3, -0.25) is 9.59 Å². The van der Waals surface area contributed by atoms with Crippen LogP contribution in [0.15, 0.2) is 48.8 Å². The number of carbonyl (C=O) groups is 2. The number of nitrogens with two attached hydrogens (primary N) is 1. The minimum Gasteiger partial charge on any atom is -0.486 e. The number of nitrogens with zero attached hydrogens (tertiary/aromatic N) is 3. The number of piperidine rings is 1. The number of hydrogen-bond acceptors (Lipinski definition) is 5. The van der Waals surface area contributed by atoms with Gasteiger partial charge in [0.15, 0.2) is 0 Å². The smallest absolute Gasteiger partial charge is 0.255 e. The van der Waals surface area contributed by atoms with Crippen molar-refractivity contribution in [2.45, 2.75) is 32.8 Å². The van der Waals surface area contributed by atoms with E-state index in [1.54, 1.807) is 12.1 Å². The number of primary amides is 1. The number of rotatable bonds is 9. The lowest BCUT2D eigenvalue weighted by Crippen LogP contribution is -2.42. The molecule has 1 aromatic carbocycles. The second-order valence-electron chi connectivity index (χ2n) is 8.64. The van der Waals surface area contributed by atoms with E-state index in [4.69, 9.17) is 10.5 Å². The van der Waals surface area contributed by atoms with Gasteiger partial charge in [-0.25, -0.2) is 4.98 Å². The van der Waals surface area contributed by atoms with Gasteiger partial charge in [-0.05, 0) is 63.0 Å². The Morgan fingerprint density at radius 3 is 2.91 bits per heavy atom. The van der Waals surface area contributed by atoms with E-state index < -0.39 is 0 Å². The molecular formula is C25H31N5O3. The minimum atomic E-state index is -0.219. The molecule has 0 spiro atoms. The molecule has 0 bridgehead atoms. The number of aromatic nitrogens is 2. The van der Waals surface area contributed by atoms with E-state index in [0.717, 1.165) is 49.3 Å². The molecule has 1 atom stereocenters. The predicted octanol–water partition coefficient (Wildman–Crippen LogP) is 2.54. The van der Waals surface area contributed by atoms with E-state index in [1.165, 1.54) is 0 Å². The van der Waals surface area contributed by atoms with E-state index in [1.807, 2.05) is 48.0 Å². The van der Waals surface area contributed by atoms with Crippen molar-refractivity contribution in [3.8, 4) is 5.75 Å². The molecule has 1 aliphatic heterocycles. The quantitative estimate of drug-likeness (QED) is 0.489. The van der Waals surface area contributed by atoms with E-state index in [9.17, 15) is 9.59 Å². The summed E-state index contributed by atoms with van der Waals surface area (Å²) in [7, 11) is 0. The number of hydrogen-bond donors (Lipinski definition) is 2. The van der Waals surface area contributed by atoms with Gasteiger partial charge in [-0.15, -0.1) is 0 Å². The number of carbonyl (C=O) groups excluding carboxylic acids is 2. The molecule has 2 amide bonds. The molecule has 174 valence electrons. The standard InChI is InChI=1S/C25H31N5O3/c1-18-9-10-23-28-20(16-30(23)14-18)17-33-22-8-3-2-7-21(22)25(32)27-11-5-13-29-12-4-6-19(15-29)24(26)31/h2-3,7-10,14,16,19H,4-6,11-13,15,17H2,1H3,(H2,26,31)(H,27,32). The molecule has 0 aliphatic carbocycles. The van der Waals surface area contributed by atoms with Crippen molar-refractivity contribution in [3.05, 3.63) is 65.6 Å². The lowest BCUT2D eigenvalue weighted by molar-refractivity contribution is -0.123. The summed E-state index contributed by atoms with van der Waals surface area (Å²) in [6.45, 7) is 5.38. The molecular weight excluding hydrogens is 418 g/mol. The summed E-state index contributed by atoms with van der Waals surface area (Å²) < 4.78 is 7.92. The Bertz CT molecular complexity index is 1130. The van der Waals surface area contributed by atoms with Crippen molar-refractivity contribution in [2.24, 2.45) is 11.7 Å². The Hall–Kier alpha value is -3.39. The molecule has 33 heavy (non-hydrogen) atoms. The molecule has 0 radical (unpaired) electrons. The zero-order valence-electron chi connectivity index (χ0n) is 19.0. The van der Waals surface area contributed by atoms with Gasteiger partial charge in [0.1, 0.15) is 18.0 Å². The molecule has 3 N–H and O–H groups in total. The average molecular weight is 450 g/mol. The third-order valence-electron chi connectivity index (χ3n) is 6.00. The van der Waals surface area contributed by atoms with Crippen molar-refractivity contribution in [1.82, 2.24) is 19.6 Å². The number of aryl methyl sites for hydroxylation is 1. The van der Waals surface area contributed by atoms with Gasteiger partial charge < -0.3 is 25.1 Å². The number of fused-ring (bicyclic) bond motifs is 1. The summed E-state index contributed by atoms with van der Waals surface area (Å²) in [4.78, 5) is 31.0. The Morgan fingerprint density at radius 1 is 1.21 bits per heavy atom. The topological polar surface area (TPSA) is 102 Å². The summed E-state index contributed by atoms with van der Waals surface area (Å²) in [6, 6.07) is 11.2. The molecule has 2 aromatic heterocycles. The number of amides is 2. The number of ether oxygens (including phenoxy) is 1. The van der Waals surface area contributed by atoms with E-state index in [-0.39, 0.29) is 24.3 Å². The van der Waals surface area contributed by atoms with Crippen LogP contribution in [0, 0.1) is 12.8 Å². The summed E-state index contributed by atoms with van der Waals surface area (Å²) in [6.07, 6.45) is 6.62. The van der Waals surface area contributed by atoms with Crippen LogP contribution in [-0.4, -0.2) is 52.3 Å². The molecule has 0 saturated carbocycles. The van der Waals surface area contributed by atoms with E-state index >= 15 is 0 Å². The van der Waals surface area contributed by atoms with Crippen LogP contribution in [0.25, 0.3) is 5.65 Å². The molecule has 3 aromatic rings. The number of nitrogens with one attached hydrogen (secondary N) is 1. The normalized spacial score (nSPS) is 16.6. The Balaban J connectivity index is 1.28. The fourth-order valence-corrected chi connectivity index (χ4v) is 4.25. The van der Waals surface area contributed by atoms with Crippen LogP contribution < -0.4 is 15.8 Å². The maximum atomic E-state index is 12.8. The fourth-order valence-electron chi connectivity index (χ4n) is 4.25. The summed E-state index contributed by atoms with van der Waals surface area (Å²) in [5.41, 5.74) is 8.77. The first-order chi connectivity index (χ1) is 16.0. The fraction of sp³-hybridized carbons (Fsp3) is 0.400. The Morgan fingerprint density at radius 2 is 2.06 bits per heavy atom. The lowest BCUT2D eigenvalue weighted by atomic mass is 9.97. The largest absolute Gasteiger partial charge is 0.486 e. The van der Waals surface area contributed by atoms with Gasteiger partial charge in [-0.1, -0.05) is 18.2 Å². The van der Waals surface area contributed by atoms with Gasteiger partial charge in [0, 0.05) is 25.5 Å². The molecule has 1 aliphatic rings. The third-order valence-corrected chi connectivity index (χ3v) is 6.00. The third kappa shape index (κ3) is 5.90. The molecule has 4 rings (SSSR count). The summed E-state index contributed by atoms with van der Waals surface area (Å²) >= 11 is 0. The summed E-state index contributed by atoms with van der Waals surface area (Å²) in [5, 5.41) is 2.98. The first-order valence-corrected chi connectivity index (χ1v) is 11.5. The zero-order valence-corrected chi connectivity index (χ0v) is 19.0. The first-order valence-electron chi connectivity index (χ1n) is 11.5. The maximum absolute atomic E-state index is 12.8. The summed E-state index contributed by atoms with van der Waals surface area (Å²) in [5.74, 6) is 0.0890.